The lowest BCUT2D eigenvalue weighted by Crippen LogP contribution is -2.04. The van der Waals surface area contributed by atoms with Crippen LogP contribution in [0.2, 0.25) is 0 Å². The summed E-state index contributed by atoms with van der Waals surface area (Å²) < 4.78 is 9.68. The van der Waals surface area contributed by atoms with E-state index in [0.29, 0.717) is 51.4 Å². The maximum atomic E-state index is 10.9. The van der Waals surface area contributed by atoms with Crippen molar-refractivity contribution in [3.63, 3.8) is 0 Å². The standard InChI is InChI=1S/2C17H14BrN3O2S.C15H12BrN3O2S.C14H10BrN3O2S/c18-16-19-20-17(24-9-15(22)23)21(16)14-6-2-4-12-11(10-7-8-10)3-1-5-13(12)14;18-16-19-20-17(24-9-14(22)23)21(16)13-8-7-10-3-1-2-4-12(10)15(13)11-5-6-11;1-9-6-7-12(11-5-3-2-4-10(9)11)19-14(16)17-18-15(19)22-8-13(20)21;15-13-16-17-14(21-8-12(19)20)18(13)11-7-3-5-9-4-1-2-6-10(9)11/h1-6,10H,7-9H2,(H,22,23);1-4,7-8,11H,5-6,9H2,(H,22,23);2-7H,8H2,1H3,(H,20,21);1-7H,8H2,(H,19,20). The van der Waals surface area contributed by atoms with Gasteiger partial charge in [0.2, 0.25) is 18.9 Å². The number of hydrogen-bond donors (Lipinski definition) is 4. The highest BCUT2D eigenvalue weighted by Crippen LogP contribution is 2.48. The minimum atomic E-state index is -0.886. The van der Waals surface area contributed by atoms with E-state index >= 15 is 0 Å². The molecule has 0 unspecified atom stereocenters. The highest BCUT2D eigenvalue weighted by atomic mass is 79.9. The van der Waals surface area contributed by atoms with Gasteiger partial charge < -0.3 is 20.4 Å². The molecule has 2 saturated carbocycles. The van der Waals surface area contributed by atoms with Crippen LogP contribution in [0.1, 0.15) is 54.2 Å². The molecule has 4 N–H and O–H groups in total. The molecule has 0 radical (unpaired) electrons. The third-order valence-electron chi connectivity index (χ3n) is 14.4. The molecule has 0 amide bonds. The van der Waals surface area contributed by atoms with Crippen LogP contribution in [-0.4, -0.2) is 126 Å². The van der Waals surface area contributed by atoms with Gasteiger partial charge in [-0.15, -0.1) is 40.8 Å². The zero-order valence-electron chi connectivity index (χ0n) is 47.7. The quantitative estimate of drug-likeness (QED) is 0.0581. The predicted molar refractivity (Wildman–Crippen MR) is 368 cm³/mol. The highest BCUT2D eigenvalue weighted by Gasteiger charge is 2.31. The number of hydrogen-bond acceptors (Lipinski definition) is 16. The summed E-state index contributed by atoms with van der Waals surface area (Å²) in [7, 11) is 0. The second-order valence-electron chi connectivity index (χ2n) is 20.5. The van der Waals surface area contributed by atoms with E-state index < -0.39 is 23.9 Å². The first-order valence-electron chi connectivity index (χ1n) is 27.9. The molecule has 28 heteroatoms. The van der Waals surface area contributed by atoms with Crippen LogP contribution in [-0.2, 0) is 19.2 Å². The van der Waals surface area contributed by atoms with Crippen LogP contribution in [0.3, 0.4) is 0 Å². The van der Waals surface area contributed by atoms with E-state index in [4.69, 9.17) is 20.4 Å². The van der Waals surface area contributed by atoms with Gasteiger partial charge >= 0.3 is 23.9 Å². The Morgan fingerprint density at radius 2 is 0.714 bits per heavy atom. The smallest absolute Gasteiger partial charge is 0.313 e. The van der Waals surface area contributed by atoms with Gasteiger partial charge in [0, 0.05) is 16.2 Å². The van der Waals surface area contributed by atoms with Crippen LogP contribution >= 0.6 is 111 Å². The van der Waals surface area contributed by atoms with Crippen LogP contribution in [0.15, 0.2) is 191 Å². The number of benzene rings is 8. The summed E-state index contributed by atoms with van der Waals surface area (Å²) >= 11 is 18.3. The SMILES string of the molecule is Cc1ccc(-n2c(Br)nnc2SCC(=O)O)c2ccccc12.O=C(O)CSc1nnc(Br)n1-c1ccc2ccccc2c1C1CC1.O=C(O)CSc1nnc(Br)n1-c1cccc2c(C3CC3)cccc12.O=C(O)CSc1nnc(Br)n1-c1cccc2ccccc12. The van der Waals surface area contributed by atoms with Crippen molar-refractivity contribution in [2.75, 3.05) is 23.0 Å². The molecule has 462 valence electrons. The zero-order valence-corrected chi connectivity index (χ0v) is 57.3. The van der Waals surface area contributed by atoms with E-state index in [-0.39, 0.29) is 23.0 Å². The molecule has 4 heterocycles. The summed E-state index contributed by atoms with van der Waals surface area (Å²) in [6.07, 6.45) is 4.86. The maximum absolute atomic E-state index is 10.9. The molecule has 0 atom stereocenters. The Hall–Kier alpha value is -7.44. The topological polar surface area (TPSA) is 272 Å². The molecule has 2 aliphatic carbocycles. The molecule has 2 fully saturated rings. The van der Waals surface area contributed by atoms with E-state index in [1.54, 1.807) is 0 Å². The van der Waals surface area contributed by atoms with E-state index in [0.717, 1.165) is 85.0 Å². The molecule has 4 aromatic heterocycles. The molecule has 0 bridgehead atoms. The molecular weight excluding hydrogens is 1500 g/mol. The van der Waals surface area contributed by atoms with Gasteiger partial charge in [0.1, 0.15) is 0 Å². The second kappa shape index (κ2) is 29.4. The Bertz CT molecular complexity index is 4720. The number of carboxylic acids is 4. The number of carboxylic acid groups (broad SMARTS) is 4. The lowest BCUT2D eigenvalue weighted by Gasteiger charge is -2.15. The van der Waals surface area contributed by atoms with Crippen molar-refractivity contribution >= 4 is 178 Å². The van der Waals surface area contributed by atoms with Gasteiger partial charge in [-0.2, -0.15) is 0 Å². The summed E-state index contributed by atoms with van der Waals surface area (Å²) in [5, 5.41) is 79.5. The van der Waals surface area contributed by atoms with Gasteiger partial charge in [0.25, 0.3) is 0 Å². The molecule has 2 aliphatic rings. The summed E-state index contributed by atoms with van der Waals surface area (Å²) in [5.41, 5.74) is 7.69. The van der Waals surface area contributed by atoms with Gasteiger partial charge in [-0.25, -0.2) is 0 Å². The monoisotopic (exact) mass is 1550 g/mol. The number of thioether (sulfide) groups is 4. The molecule has 20 nitrogen and oxygen atoms in total. The molecule has 8 aromatic carbocycles. The maximum Gasteiger partial charge on any atom is 0.313 e. The van der Waals surface area contributed by atoms with Crippen LogP contribution in [0.25, 0.3) is 65.8 Å². The Kier molecular flexibility index (Phi) is 21.1. The summed E-state index contributed by atoms with van der Waals surface area (Å²) in [5.74, 6) is -2.53. The zero-order chi connectivity index (χ0) is 63.9. The van der Waals surface area contributed by atoms with Gasteiger partial charge in [-0.1, -0.05) is 174 Å². The second-order valence-corrected chi connectivity index (χ2v) is 27.1. The van der Waals surface area contributed by atoms with Crippen molar-refractivity contribution in [1.29, 1.82) is 0 Å². The van der Waals surface area contributed by atoms with Crippen LogP contribution in [0.4, 0.5) is 0 Å². The fourth-order valence-electron chi connectivity index (χ4n) is 10.3. The minimum Gasteiger partial charge on any atom is -0.481 e. The summed E-state index contributed by atoms with van der Waals surface area (Å²) in [6, 6.07) is 51.2. The first-order valence-corrected chi connectivity index (χ1v) is 35.0. The predicted octanol–water partition coefficient (Wildman–Crippen LogP) is 15.5. The van der Waals surface area contributed by atoms with Crippen molar-refractivity contribution in [3.8, 4) is 22.7 Å². The average Bonchev–Trinajstić information content (AvgIpc) is 1.80. The molecular formula is C63H50Br4N12O8S4. The van der Waals surface area contributed by atoms with E-state index in [2.05, 4.69) is 172 Å². The third-order valence-corrected chi connectivity index (χ3v) is 20.1. The molecule has 14 rings (SSSR count). The van der Waals surface area contributed by atoms with Gasteiger partial charge in [-0.05, 0) is 176 Å². The highest BCUT2D eigenvalue weighted by molar-refractivity contribution is 9.11. The Morgan fingerprint density at radius 3 is 1.20 bits per heavy atom. The van der Waals surface area contributed by atoms with Gasteiger partial charge in [-0.3, -0.25) is 37.4 Å². The van der Waals surface area contributed by atoms with Crippen molar-refractivity contribution in [2.45, 2.75) is 65.1 Å². The lowest BCUT2D eigenvalue weighted by molar-refractivity contribution is -0.134. The number of aryl methyl sites for hydroxylation is 1. The summed E-state index contributed by atoms with van der Waals surface area (Å²) in [4.78, 5) is 43.3. The molecule has 0 spiro atoms. The Labute approximate surface area is 569 Å². The van der Waals surface area contributed by atoms with Gasteiger partial charge in [0.15, 0.2) is 20.6 Å². The number of aromatic nitrogens is 12. The number of aliphatic carboxylic acids is 4. The van der Waals surface area contributed by atoms with Crippen molar-refractivity contribution < 1.29 is 39.6 Å². The normalized spacial score (nSPS) is 12.7. The van der Waals surface area contributed by atoms with Gasteiger partial charge in [0.05, 0.1) is 45.8 Å². The van der Waals surface area contributed by atoms with Crippen molar-refractivity contribution in [2.24, 2.45) is 0 Å². The number of halogens is 4. The molecule has 0 aliphatic heterocycles. The number of fused-ring (bicyclic) bond motifs is 4. The fraction of sp³-hybridized carbons (Fsp3) is 0.175. The Morgan fingerprint density at radius 1 is 0.374 bits per heavy atom. The molecule has 12 aromatic rings. The third kappa shape index (κ3) is 15.2. The Balaban J connectivity index is 0.000000125. The molecule has 0 saturated heterocycles. The lowest BCUT2D eigenvalue weighted by atomic mass is 9.99. The van der Waals surface area contributed by atoms with E-state index in [9.17, 15) is 19.2 Å². The van der Waals surface area contributed by atoms with E-state index in [1.807, 2.05) is 109 Å². The largest absolute Gasteiger partial charge is 0.481 e. The number of carbonyl (C=O) groups is 4. The average molecular weight is 1550 g/mol. The van der Waals surface area contributed by atoms with E-state index in [1.165, 1.54) is 70.3 Å². The minimum absolute atomic E-state index is 0.0442. The van der Waals surface area contributed by atoms with Crippen LogP contribution in [0, 0.1) is 6.92 Å². The first-order chi connectivity index (χ1) is 44.0. The first kappa shape index (κ1) is 65.1. The molecule has 91 heavy (non-hydrogen) atoms. The fourth-order valence-corrected chi connectivity index (χ4v) is 15.2. The van der Waals surface area contributed by atoms with Crippen molar-refractivity contribution in [1.82, 2.24) is 59.1 Å². The number of nitrogens with zero attached hydrogens (tertiary/aromatic N) is 12. The van der Waals surface area contributed by atoms with Crippen molar-refractivity contribution in [3.05, 3.63) is 187 Å². The van der Waals surface area contributed by atoms with Crippen LogP contribution < -0.4 is 0 Å². The summed E-state index contributed by atoms with van der Waals surface area (Å²) in [6.45, 7) is 2.06. The van der Waals surface area contributed by atoms with Crippen LogP contribution in [0.5, 0.6) is 0 Å². The number of rotatable bonds is 18.